The molecule has 0 aliphatic carbocycles. The van der Waals surface area contributed by atoms with Crippen molar-refractivity contribution in [1.82, 2.24) is 4.90 Å². The highest BCUT2D eigenvalue weighted by Gasteiger charge is 2.51. The summed E-state index contributed by atoms with van der Waals surface area (Å²) in [6.45, 7) is -0.0879. The summed E-state index contributed by atoms with van der Waals surface area (Å²) in [5.41, 5.74) is 0.392. The lowest BCUT2D eigenvalue weighted by atomic mass is 9.86. The predicted octanol–water partition coefficient (Wildman–Crippen LogP) is 2.61. The van der Waals surface area contributed by atoms with Crippen LogP contribution in [0.5, 0.6) is 0 Å². The van der Waals surface area contributed by atoms with Gasteiger partial charge in [0.15, 0.2) is 5.78 Å². The molecular formula is C21H15Cl2FNO5-. The van der Waals surface area contributed by atoms with Gasteiger partial charge in [0.2, 0.25) is 5.78 Å². The number of hydrogen-bond donors (Lipinski definition) is 0. The van der Waals surface area contributed by atoms with Crippen molar-refractivity contribution in [1.29, 1.82) is 0 Å². The fraction of sp³-hybridized carbons (Fsp3) is 0.238. The Kier molecular flexibility index (Phi) is 6.53. The molecule has 1 amide bonds. The Labute approximate surface area is 181 Å². The average Bonchev–Trinajstić information content (AvgIpc) is 2.93. The van der Waals surface area contributed by atoms with E-state index in [2.05, 4.69) is 0 Å². The maximum Gasteiger partial charge on any atom is 0.291 e. The van der Waals surface area contributed by atoms with Gasteiger partial charge < -0.3 is 14.8 Å². The van der Waals surface area contributed by atoms with Crippen molar-refractivity contribution in [2.45, 2.75) is 18.9 Å². The van der Waals surface area contributed by atoms with Crippen LogP contribution in [0, 0.1) is 11.7 Å². The van der Waals surface area contributed by atoms with Gasteiger partial charge in [-0.3, -0.25) is 14.4 Å². The zero-order valence-electron chi connectivity index (χ0n) is 15.4. The molecule has 0 radical (unpaired) electrons. The van der Waals surface area contributed by atoms with Crippen molar-refractivity contribution in [3.05, 3.63) is 69.5 Å². The van der Waals surface area contributed by atoms with Gasteiger partial charge in [-0.15, -0.1) is 0 Å². The zero-order valence-corrected chi connectivity index (χ0v) is 17.0. The number of amides is 1. The minimum Gasteiger partial charge on any atom is -0.550 e. The third-order valence-corrected chi connectivity index (χ3v) is 5.44. The Hall–Kier alpha value is -2.77. The topological polar surface area (TPSA) is 94.6 Å². The summed E-state index contributed by atoms with van der Waals surface area (Å²) in [5, 5.41) is 11.2. The summed E-state index contributed by atoms with van der Waals surface area (Å²) in [7, 11) is 0. The molecule has 1 fully saturated rings. The van der Waals surface area contributed by atoms with Crippen molar-refractivity contribution < 1.29 is 28.7 Å². The first-order valence-corrected chi connectivity index (χ1v) is 9.75. The van der Waals surface area contributed by atoms with Gasteiger partial charge in [-0.25, -0.2) is 4.39 Å². The zero-order chi connectivity index (χ0) is 22.0. The van der Waals surface area contributed by atoms with Gasteiger partial charge in [0.25, 0.3) is 5.91 Å². The smallest absolute Gasteiger partial charge is 0.291 e. The number of carboxylic acid groups (broad SMARTS) is 1. The van der Waals surface area contributed by atoms with E-state index in [0.29, 0.717) is 10.6 Å². The SMILES string of the molecule is O=C([O-])CCCN1C(=O)C(=O)C(C(=O)c2ccc(F)cc2)C1c1ccc(Cl)cc1Cl. The summed E-state index contributed by atoms with van der Waals surface area (Å²) >= 11 is 12.2. The Morgan fingerprint density at radius 1 is 1.07 bits per heavy atom. The van der Waals surface area contributed by atoms with E-state index in [1.165, 1.54) is 30.3 Å². The summed E-state index contributed by atoms with van der Waals surface area (Å²) in [6, 6.07) is 8.02. The molecule has 2 aromatic rings. The van der Waals surface area contributed by atoms with Crippen LogP contribution in [0.2, 0.25) is 10.0 Å². The standard InChI is InChI=1S/C21H16Cl2FNO5/c22-12-5-8-14(15(23)10-12)18-17(19(28)11-3-6-13(24)7-4-11)20(29)21(30)25(18)9-1-2-16(26)27/h3-8,10,17-18H,1-2,9H2,(H,26,27)/p-1. The highest BCUT2D eigenvalue weighted by Crippen LogP contribution is 2.41. The third-order valence-electron chi connectivity index (χ3n) is 4.88. The first kappa shape index (κ1) is 21.9. The van der Waals surface area contributed by atoms with E-state index in [9.17, 15) is 28.7 Å². The molecule has 156 valence electrons. The average molecular weight is 451 g/mol. The van der Waals surface area contributed by atoms with Crippen LogP contribution in [0.25, 0.3) is 0 Å². The highest BCUT2D eigenvalue weighted by molar-refractivity contribution is 6.44. The number of carboxylic acids is 1. The molecule has 3 rings (SSSR count). The van der Waals surface area contributed by atoms with Gasteiger partial charge in [-0.2, -0.15) is 0 Å². The molecule has 0 saturated carbocycles. The Morgan fingerprint density at radius 2 is 1.73 bits per heavy atom. The van der Waals surface area contributed by atoms with Crippen LogP contribution in [0.4, 0.5) is 4.39 Å². The molecule has 2 aromatic carbocycles. The molecule has 1 aliphatic heterocycles. The molecule has 0 N–H and O–H groups in total. The lowest BCUT2D eigenvalue weighted by molar-refractivity contribution is -0.305. The van der Waals surface area contributed by atoms with E-state index in [1.807, 2.05) is 0 Å². The number of ketones is 2. The molecule has 9 heteroatoms. The fourth-order valence-electron chi connectivity index (χ4n) is 3.50. The number of likely N-dealkylation sites (tertiary alicyclic amines) is 1. The quantitative estimate of drug-likeness (QED) is 0.367. The second kappa shape index (κ2) is 8.93. The van der Waals surface area contributed by atoms with Crippen molar-refractivity contribution in [3.63, 3.8) is 0 Å². The van der Waals surface area contributed by atoms with Gasteiger partial charge in [0, 0.05) is 28.1 Å². The number of carbonyl (C=O) groups excluding carboxylic acids is 4. The van der Waals surface area contributed by atoms with Crippen LogP contribution < -0.4 is 5.11 Å². The van der Waals surface area contributed by atoms with Crippen molar-refractivity contribution in [3.8, 4) is 0 Å². The number of nitrogens with zero attached hydrogens (tertiary/aromatic N) is 1. The summed E-state index contributed by atoms with van der Waals surface area (Å²) in [6.07, 6.45) is -0.295. The maximum atomic E-state index is 13.2. The molecule has 0 bridgehead atoms. The van der Waals surface area contributed by atoms with Crippen LogP contribution in [0.15, 0.2) is 42.5 Å². The van der Waals surface area contributed by atoms with E-state index in [1.54, 1.807) is 0 Å². The molecule has 0 aromatic heterocycles. The van der Waals surface area contributed by atoms with Gasteiger partial charge in [-0.05, 0) is 54.8 Å². The largest absolute Gasteiger partial charge is 0.550 e. The predicted molar refractivity (Wildman–Crippen MR) is 104 cm³/mol. The molecule has 2 atom stereocenters. The first-order chi connectivity index (χ1) is 14.2. The molecule has 0 spiro atoms. The number of benzene rings is 2. The van der Waals surface area contributed by atoms with Crippen LogP contribution in [-0.2, 0) is 14.4 Å². The number of halogens is 3. The maximum absolute atomic E-state index is 13.2. The minimum atomic E-state index is -1.41. The van der Waals surface area contributed by atoms with Crippen molar-refractivity contribution in [2.24, 2.45) is 5.92 Å². The van der Waals surface area contributed by atoms with E-state index in [0.717, 1.165) is 17.0 Å². The number of aliphatic carboxylic acids is 1. The summed E-state index contributed by atoms with van der Waals surface area (Å²) in [4.78, 5) is 50.4. The normalized spacial score (nSPS) is 18.7. The van der Waals surface area contributed by atoms with Crippen molar-refractivity contribution >= 4 is 46.6 Å². The fourth-order valence-corrected chi connectivity index (χ4v) is 4.02. The van der Waals surface area contributed by atoms with Crippen LogP contribution in [0.3, 0.4) is 0 Å². The number of rotatable bonds is 7. The second-order valence-corrected chi connectivity index (χ2v) is 7.64. The molecular weight excluding hydrogens is 436 g/mol. The molecule has 1 heterocycles. The van der Waals surface area contributed by atoms with Crippen LogP contribution in [-0.4, -0.2) is 34.9 Å². The van der Waals surface area contributed by atoms with Crippen LogP contribution >= 0.6 is 23.2 Å². The van der Waals surface area contributed by atoms with E-state index in [4.69, 9.17) is 23.2 Å². The number of carbonyl (C=O) groups is 4. The molecule has 30 heavy (non-hydrogen) atoms. The lowest BCUT2D eigenvalue weighted by Gasteiger charge is -2.28. The number of hydrogen-bond acceptors (Lipinski definition) is 5. The van der Waals surface area contributed by atoms with Crippen LogP contribution in [0.1, 0.15) is 34.8 Å². The third kappa shape index (κ3) is 4.37. The molecule has 1 saturated heterocycles. The van der Waals surface area contributed by atoms with Crippen molar-refractivity contribution in [2.75, 3.05) is 6.54 Å². The van der Waals surface area contributed by atoms with Gasteiger partial charge in [0.05, 0.1) is 6.04 Å². The van der Waals surface area contributed by atoms with Gasteiger partial charge in [-0.1, -0.05) is 29.3 Å². The number of Topliss-reactive ketones (excluding diaryl/α,β-unsaturated/α-hetero) is 2. The molecule has 1 aliphatic rings. The second-order valence-electron chi connectivity index (χ2n) is 6.80. The summed E-state index contributed by atoms with van der Waals surface area (Å²) in [5.74, 6) is -5.77. The van der Waals surface area contributed by atoms with E-state index >= 15 is 0 Å². The Bertz CT molecular complexity index is 1020. The molecule has 6 nitrogen and oxygen atoms in total. The molecule has 2 unspecified atom stereocenters. The highest BCUT2D eigenvalue weighted by atomic mass is 35.5. The van der Waals surface area contributed by atoms with E-state index in [-0.39, 0.29) is 30.0 Å². The first-order valence-electron chi connectivity index (χ1n) is 9.00. The van der Waals surface area contributed by atoms with E-state index < -0.39 is 41.2 Å². The Balaban J connectivity index is 2.04. The van der Waals surface area contributed by atoms with Gasteiger partial charge in [0.1, 0.15) is 11.7 Å². The van der Waals surface area contributed by atoms with Gasteiger partial charge >= 0.3 is 0 Å². The lowest BCUT2D eigenvalue weighted by Crippen LogP contribution is -2.33. The monoisotopic (exact) mass is 450 g/mol. The summed E-state index contributed by atoms with van der Waals surface area (Å²) < 4.78 is 13.2. The minimum absolute atomic E-state index is 0.0283. The Morgan fingerprint density at radius 3 is 2.33 bits per heavy atom.